The number of hydrogen-bond acceptors (Lipinski definition) is 15. The van der Waals surface area contributed by atoms with Gasteiger partial charge in [-0.25, -0.2) is 30.7 Å². The number of nitrogens with zero attached hydrogens (tertiary/aromatic N) is 10. The third-order valence-electron chi connectivity index (χ3n) is 17.0. The fourth-order valence-electron chi connectivity index (χ4n) is 11.7. The number of esters is 5. The molecule has 0 spiro atoms. The number of aromatic nitrogens is 10. The second-order valence-corrected chi connectivity index (χ2v) is 24.2. The molecule has 5 heterocycles. The molecule has 20 nitrogen and oxygen atoms in total. The number of methoxy groups -OCH3 is 5. The zero-order valence-electron chi connectivity index (χ0n) is 58.9. The van der Waals surface area contributed by atoms with Crippen molar-refractivity contribution in [2.24, 2.45) is 0 Å². The van der Waals surface area contributed by atoms with Gasteiger partial charge in [0.05, 0.1) is 73.7 Å². The lowest BCUT2D eigenvalue weighted by Crippen LogP contribution is -2.12. The van der Waals surface area contributed by atoms with Gasteiger partial charge in [-0.3, -0.25) is 47.4 Å². The van der Waals surface area contributed by atoms with Gasteiger partial charge in [-0.15, -0.1) is 0 Å². The summed E-state index contributed by atoms with van der Waals surface area (Å²) in [4.78, 5) is 57.5. The summed E-state index contributed by atoms with van der Waals surface area (Å²) in [5.41, 5.74) is 8.14. The first-order valence-corrected chi connectivity index (χ1v) is 33.5. The van der Waals surface area contributed by atoms with Crippen LogP contribution in [0, 0.1) is 47.6 Å². The monoisotopic (exact) mass is 1500 g/mol. The lowest BCUT2D eigenvalue weighted by molar-refractivity contribution is -0.142. The van der Waals surface area contributed by atoms with Crippen LogP contribution in [0.3, 0.4) is 0 Å². The van der Waals surface area contributed by atoms with Crippen LogP contribution >= 0.6 is 11.6 Å². The Morgan fingerprint density at radius 1 is 0.312 bits per heavy atom. The molecule has 0 aliphatic carbocycles. The number of aryl methyl sites for hydroxylation is 1. The standard InChI is InChI=1S/C17H15FN2O2.C16H13ClN2O2.3C16H12F2N2O2/c1-11-7-8-12(18)9-14(11)17-13-5-3-4-6-15(13)20(19-17)10-16(21)22-2;1-21-15(20)10-19-14-9-5-3-7-12(14)16(18-19)11-6-2-4-8-13(11)17;1-22-14(21)9-20-13-8-3-2-5-10(13)16(19-20)15-11(17)6-4-7-12(15)18;1-22-14(21)9-20-13-8-3-2-5-10(13)16(19-20)11-6-4-7-12(17)15(11)18;1-22-15(21)9-20-14-5-3-2-4-11(14)16(19-20)12-8-10(17)6-7-13(12)18/h3-9H,10H2,1-2H3;2-9H,10H2,1H3;3*2-8H,9H2,1H3. The van der Waals surface area contributed by atoms with E-state index in [0.717, 1.165) is 68.5 Å². The van der Waals surface area contributed by atoms with Crippen molar-refractivity contribution in [2.75, 3.05) is 35.5 Å². The van der Waals surface area contributed by atoms with Crippen LogP contribution < -0.4 is 0 Å². The zero-order chi connectivity index (χ0) is 77.6. The Morgan fingerprint density at radius 2 is 0.606 bits per heavy atom. The van der Waals surface area contributed by atoms with Crippen molar-refractivity contribution in [3.63, 3.8) is 0 Å². The fourth-order valence-corrected chi connectivity index (χ4v) is 12.0. The van der Waals surface area contributed by atoms with Crippen LogP contribution in [0.4, 0.5) is 30.7 Å². The highest BCUT2D eigenvalue weighted by Gasteiger charge is 2.24. The Bertz CT molecular complexity index is 5600. The lowest BCUT2D eigenvalue weighted by Gasteiger charge is -2.03. The first-order chi connectivity index (χ1) is 52.6. The Kier molecular flexibility index (Phi) is 24.5. The normalized spacial score (nSPS) is 10.8. The Morgan fingerprint density at radius 3 is 1.00 bits per heavy atom. The number of ether oxygens (including phenoxy) is 5. The van der Waals surface area contributed by atoms with Crippen LogP contribution in [0.2, 0.25) is 5.02 Å². The van der Waals surface area contributed by atoms with Gasteiger partial charge in [0.15, 0.2) is 11.6 Å². The molecule has 5 aromatic heterocycles. The fraction of sp³-hybridized carbons (Fsp3) is 0.136. The maximum absolute atomic E-state index is 14.0. The Hall–Kier alpha value is -13.3. The van der Waals surface area contributed by atoms with E-state index in [9.17, 15) is 54.7 Å². The molecule has 0 saturated heterocycles. The molecule has 109 heavy (non-hydrogen) atoms. The van der Waals surface area contributed by atoms with E-state index < -0.39 is 52.8 Å². The van der Waals surface area contributed by atoms with Gasteiger partial charge in [0.2, 0.25) is 0 Å². The zero-order valence-corrected chi connectivity index (χ0v) is 59.7. The third kappa shape index (κ3) is 17.3. The Labute approximate surface area is 621 Å². The summed E-state index contributed by atoms with van der Waals surface area (Å²) >= 11 is 6.26. The minimum atomic E-state index is -0.962. The van der Waals surface area contributed by atoms with Gasteiger partial charge in [-0.05, 0) is 103 Å². The molecule has 0 radical (unpaired) electrons. The number of carbonyl (C=O) groups excluding carboxylic acids is 5. The molecular formula is C81H64ClF7N10O10. The van der Waals surface area contributed by atoms with Crippen molar-refractivity contribution in [2.45, 2.75) is 39.6 Å². The maximum Gasteiger partial charge on any atom is 0.327 e. The van der Waals surface area contributed by atoms with Crippen LogP contribution in [-0.4, -0.2) is 114 Å². The van der Waals surface area contributed by atoms with Gasteiger partial charge in [-0.1, -0.05) is 139 Å². The topological polar surface area (TPSA) is 221 Å². The molecule has 15 aromatic rings. The van der Waals surface area contributed by atoms with E-state index in [2.05, 4.69) is 39.7 Å². The molecule has 554 valence electrons. The van der Waals surface area contributed by atoms with Crippen LogP contribution in [0.25, 0.3) is 111 Å². The number of halogens is 8. The smallest absolute Gasteiger partial charge is 0.327 e. The van der Waals surface area contributed by atoms with E-state index in [1.165, 1.54) is 92.1 Å². The van der Waals surface area contributed by atoms with Gasteiger partial charge in [0, 0.05) is 49.2 Å². The average Bonchev–Trinajstić information content (AvgIpc) is 1.66. The summed E-state index contributed by atoms with van der Waals surface area (Å²) in [7, 11) is 6.53. The number of para-hydroxylation sites is 5. The highest BCUT2D eigenvalue weighted by atomic mass is 35.5. The van der Waals surface area contributed by atoms with Gasteiger partial charge >= 0.3 is 29.8 Å². The van der Waals surface area contributed by atoms with Crippen LogP contribution in [0.5, 0.6) is 0 Å². The minimum Gasteiger partial charge on any atom is -0.468 e. The average molecular weight is 1510 g/mol. The van der Waals surface area contributed by atoms with Crippen LogP contribution in [0.15, 0.2) is 218 Å². The molecular weight excluding hydrogens is 1440 g/mol. The van der Waals surface area contributed by atoms with Crippen molar-refractivity contribution < 1.29 is 78.4 Å². The number of carbonyl (C=O) groups is 5. The van der Waals surface area contributed by atoms with E-state index in [-0.39, 0.29) is 84.3 Å². The van der Waals surface area contributed by atoms with E-state index in [1.54, 1.807) is 88.2 Å². The van der Waals surface area contributed by atoms with Gasteiger partial charge in [0.25, 0.3) is 0 Å². The number of fused-ring (bicyclic) bond motifs is 5. The van der Waals surface area contributed by atoms with E-state index in [0.29, 0.717) is 43.4 Å². The highest BCUT2D eigenvalue weighted by molar-refractivity contribution is 6.33. The van der Waals surface area contributed by atoms with E-state index >= 15 is 0 Å². The number of hydrogen-bond donors (Lipinski definition) is 0. The quantitative estimate of drug-likeness (QED) is 0.0529. The van der Waals surface area contributed by atoms with Crippen LogP contribution in [0.1, 0.15) is 5.56 Å². The molecule has 15 rings (SSSR count). The summed E-state index contributed by atoms with van der Waals surface area (Å²) in [6.45, 7) is 1.66. The summed E-state index contributed by atoms with van der Waals surface area (Å²) < 4.78 is 127. The molecule has 0 amide bonds. The van der Waals surface area contributed by atoms with Gasteiger partial charge < -0.3 is 23.7 Å². The minimum absolute atomic E-state index is 0.0192. The first kappa shape index (κ1) is 76.8. The molecule has 0 bridgehead atoms. The number of benzene rings is 10. The van der Waals surface area contributed by atoms with Crippen molar-refractivity contribution >= 4 is 96.0 Å². The van der Waals surface area contributed by atoms with Crippen LogP contribution in [-0.2, 0) is 80.4 Å². The first-order valence-electron chi connectivity index (χ1n) is 33.1. The second-order valence-electron chi connectivity index (χ2n) is 23.8. The molecule has 0 atom stereocenters. The Balaban J connectivity index is 0.000000135. The molecule has 28 heteroatoms. The van der Waals surface area contributed by atoms with Crippen molar-refractivity contribution in [3.8, 4) is 56.3 Å². The van der Waals surface area contributed by atoms with Crippen molar-refractivity contribution in [1.82, 2.24) is 48.9 Å². The summed E-state index contributed by atoms with van der Waals surface area (Å²) in [6, 6.07) is 59.2. The summed E-state index contributed by atoms with van der Waals surface area (Å²) in [5.74, 6) is -6.90. The predicted octanol–water partition coefficient (Wildman–Crippen LogP) is 16.3. The molecule has 10 aromatic carbocycles. The van der Waals surface area contributed by atoms with Crippen molar-refractivity contribution in [3.05, 3.63) is 270 Å². The van der Waals surface area contributed by atoms with Gasteiger partial charge in [-0.2, -0.15) is 25.5 Å². The summed E-state index contributed by atoms with van der Waals surface area (Å²) in [6.07, 6.45) is 0. The molecule has 0 aliphatic rings. The maximum atomic E-state index is 14.0. The lowest BCUT2D eigenvalue weighted by atomic mass is 10.0. The molecule has 0 aliphatic heterocycles. The van der Waals surface area contributed by atoms with E-state index in [4.69, 9.17) is 21.1 Å². The number of rotatable bonds is 15. The third-order valence-corrected chi connectivity index (χ3v) is 17.3. The SMILES string of the molecule is COC(=O)Cn1nc(-c2c(F)cccc2F)c2ccccc21.COC(=O)Cn1nc(-c2cc(F)ccc2C)c2ccccc21.COC(=O)Cn1nc(-c2cc(F)ccc2F)c2ccccc21.COC(=O)Cn1nc(-c2cccc(F)c2F)c2ccccc21.COC(=O)Cn1nc(-c2ccccc2Cl)c2ccccc21. The molecule has 0 N–H and O–H groups in total. The largest absolute Gasteiger partial charge is 0.468 e. The molecule has 0 fully saturated rings. The van der Waals surface area contributed by atoms with Crippen molar-refractivity contribution in [1.29, 1.82) is 0 Å². The van der Waals surface area contributed by atoms with E-state index in [1.807, 2.05) is 79.7 Å². The second kappa shape index (κ2) is 34.7. The molecule has 0 saturated carbocycles. The summed E-state index contributed by atoms with van der Waals surface area (Å²) in [5, 5.41) is 26.1. The highest BCUT2D eigenvalue weighted by Crippen LogP contribution is 2.37. The molecule has 0 unspecified atom stereocenters. The van der Waals surface area contributed by atoms with Gasteiger partial charge in [0.1, 0.15) is 90.3 Å². The predicted molar refractivity (Wildman–Crippen MR) is 395 cm³/mol.